The lowest BCUT2D eigenvalue weighted by atomic mass is 10.1. The zero-order chi connectivity index (χ0) is 31.0. The summed E-state index contributed by atoms with van der Waals surface area (Å²) in [4.78, 5) is 26.0. The summed E-state index contributed by atoms with van der Waals surface area (Å²) < 4.78 is 24.0. The average Bonchev–Trinajstić information content (AvgIpc) is 3.04. The molecular formula is C32H39FN8O3. The molecule has 4 aromatic rings. The van der Waals surface area contributed by atoms with Gasteiger partial charge in [-0.15, -0.1) is 0 Å². The van der Waals surface area contributed by atoms with Crippen LogP contribution in [0.1, 0.15) is 32.6 Å². The maximum absolute atomic E-state index is 13.3. The second kappa shape index (κ2) is 17.5. The molecule has 1 heterocycles. The number of carbonyl (C=O) groups is 1. The summed E-state index contributed by atoms with van der Waals surface area (Å²) in [5.41, 5.74) is 10.0. The van der Waals surface area contributed by atoms with E-state index in [0.717, 1.165) is 16.7 Å². The molecule has 1 aromatic heterocycles. The predicted octanol–water partition coefficient (Wildman–Crippen LogP) is 3.88. The number of nitrogens with one attached hydrogen (secondary N) is 4. The number of halogens is 1. The van der Waals surface area contributed by atoms with E-state index < -0.39 is 0 Å². The number of aromatic nitrogens is 3. The van der Waals surface area contributed by atoms with Gasteiger partial charge in [0.25, 0.3) is 5.91 Å². The number of nitrogens with two attached hydrogens (primary N) is 1. The summed E-state index contributed by atoms with van der Waals surface area (Å²) in [6.45, 7) is 6.15. The van der Waals surface area contributed by atoms with Crippen LogP contribution in [0.15, 0.2) is 72.8 Å². The second-order valence-electron chi connectivity index (χ2n) is 9.95. The lowest BCUT2D eigenvalue weighted by Crippen LogP contribution is -2.27. The Kier molecular flexibility index (Phi) is 12.8. The van der Waals surface area contributed by atoms with Crippen LogP contribution in [0.2, 0.25) is 0 Å². The highest BCUT2D eigenvalue weighted by Crippen LogP contribution is 2.14. The third kappa shape index (κ3) is 11.2. The molecule has 0 saturated heterocycles. The van der Waals surface area contributed by atoms with E-state index in [1.54, 1.807) is 24.3 Å². The first-order valence-corrected chi connectivity index (χ1v) is 14.5. The topological polar surface area (TPSA) is 148 Å². The van der Waals surface area contributed by atoms with Gasteiger partial charge in [0.1, 0.15) is 5.82 Å². The third-order valence-corrected chi connectivity index (χ3v) is 6.40. The highest BCUT2D eigenvalue weighted by Gasteiger charge is 2.09. The molecule has 3 aromatic carbocycles. The smallest absolute Gasteiger partial charge is 0.251 e. The van der Waals surface area contributed by atoms with Crippen LogP contribution < -0.4 is 27.0 Å². The van der Waals surface area contributed by atoms with E-state index in [4.69, 9.17) is 15.2 Å². The average molecular weight is 603 g/mol. The van der Waals surface area contributed by atoms with E-state index in [2.05, 4.69) is 60.5 Å². The molecule has 0 unspecified atom stereocenters. The molecule has 12 heteroatoms. The first-order valence-electron chi connectivity index (χ1n) is 14.5. The summed E-state index contributed by atoms with van der Waals surface area (Å²) >= 11 is 0. The van der Waals surface area contributed by atoms with E-state index >= 15 is 0 Å². The zero-order valence-electron chi connectivity index (χ0n) is 24.8. The molecule has 0 atom stereocenters. The van der Waals surface area contributed by atoms with Crippen molar-refractivity contribution in [2.75, 3.05) is 55.5 Å². The molecular weight excluding hydrogens is 563 g/mol. The number of carbonyl (C=O) groups excluding carboxylic acids is 1. The number of ether oxygens (including phenoxy) is 2. The van der Waals surface area contributed by atoms with Gasteiger partial charge in [-0.3, -0.25) is 4.79 Å². The van der Waals surface area contributed by atoms with Gasteiger partial charge in [-0.25, -0.2) is 4.39 Å². The Morgan fingerprint density at radius 3 is 1.64 bits per heavy atom. The molecule has 0 aliphatic rings. The summed E-state index contributed by atoms with van der Waals surface area (Å²) in [7, 11) is 0. The van der Waals surface area contributed by atoms with Crippen LogP contribution in [-0.4, -0.2) is 60.4 Å². The minimum atomic E-state index is -0.289. The number of hydrogen-bond donors (Lipinski definition) is 5. The molecule has 0 spiro atoms. The summed E-state index contributed by atoms with van der Waals surface area (Å²) in [5, 5.41) is 12.5. The van der Waals surface area contributed by atoms with Gasteiger partial charge in [0.05, 0.1) is 26.4 Å². The number of rotatable bonds is 18. The first kappa shape index (κ1) is 32.3. The highest BCUT2D eigenvalue weighted by atomic mass is 19.1. The van der Waals surface area contributed by atoms with Crippen LogP contribution in [0.5, 0.6) is 0 Å². The van der Waals surface area contributed by atoms with Crippen LogP contribution in [0.4, 0.5) is 22.2 Å². The number of benzene rings is 3. The monoisotopic (exact) mass is 602 g/mol. The number of anilines is 3. The van der Waals surface area contributed by atoms with Crippen molar-refractivity contribution < 1.29 is 18.7 Å². The normalized spacial score (nSPS) is 10.8. The van der Waals surface area contributed by atoms with Gasteiger partial charge in [0.15, 0.2) is 0 Å². The fraction of sp³-hybridized carbons (Fsp3) is 0.312. The molecule has 0 fully saturated rings. The molecule has 0 radical (unpaired) electrons. The fourth-order valence-electron chi connectivity index (χ4n) is 3.98. The van der Waals surface area contributed by atoms with Gasteiger partial charge < -0.3 is 36.5 Å². The Hall–Kier alpha value is -4.65. The maximum Gasteiger partial charge on any atom is 0.251 e. The zero-order valence-corrected chi connectivity index (χ0v) is 24.8. The summed E-state index contributed by atoms with van der Waals surface area (Å²) in [6, 6.07) is 21.7. The number of hydrogen-bond acceptors (Lipinski definition) is 10. The number of aryl methyl sites for hydroxylation is 1. The molecule has 1 amide bonds. The predicted molar refractivity (Wildman–Crippen MR) is 169 cm³/mol. The van der Waals surface area contributed by atoms with Crippen molar-refractivity contribution >= 4 is 23.8 Å². The lowest BCUT2D eigenvalue weighted by Gasteiger charge is -2.12. The number of amides is 1. The molecule has 0 aliphatic heterocycles. The van der Waals surface area contributed by atoms with Gasteiger partial charge in [0.2, 0.25) is 17.8 Å². The molecule has 0 aliphatic carbocycles. The minimum absolute atomic E-state index is 0.175. The summed E-state index contributed by atoms with van der Waals surface area (Å²) in [6.07, 6.45) is 0. The van der Waals surface area contributed by atoms with Gasteiger partial charge in [0, 0.05) is 38.3 Å². The first-order chi connectivity index (χ1) is 21.5. The van der Waals surface area contributed by atoms with Gasteiger partial charge in [-0.1, -0.05) is 54.1 Å². The van der Waals surface area contributed by atoms with Gasteiger partial charge >= 0.3 is 0 Å². The van der Waals surface area contributed by atoms with Crippen molar-refractivity contribution in [1.82, 2.24) is 20.3 Å². The highest BCUT2D eigenvalue weighted by molar-refractivity contribution is 5.94. The molecule has 232 valence electrons. The Labute approximate surface area is 256 Å². The molecule has 0 saturated carbocycles. The standard InChI is InChI=1S/C32H39FN8O3/c1-23-2-4-24(5-3-23)20-36-30-39-31(41-32(40-30)38-22-26-8-12-28(33)13-9-26)37-21-25-6-10-27(11-7-25)29(42)35-15-17-44-19-18-43-16-14-34/h2-13H,14-22,34H2,1H3,(H,35,42)(H3,36,37,38,39,40,41). The lowest BCUT2D eigenvalue weighted by molar-refractivity contribution is 0.0511. The molecule has 6 N–H and O–H groups in total. The largest absolute Gasteiger partial charge is 0.378 e. The minimum Gasteiger partial charge on any atom is -0.378 e. The summed E-state index contributed by atoms with van der Waals surface area (Å²) in [5.74, 6) is 0.693. The Bertz CT molecular complexity index is 1370. The Morgan fingerprint density at radius 1 is 0.682 bits per heavy atom. The Morgan fingerprint density at radius 2 is 1.14 bits per heavy atom. The van der Waals surface area contributed by atoms with E-state index in [-0.39, 0.29) is 11.7 Å². The van der Waals surface area contributed by atoms with E-state index in [1.807, 2.05) is 19.1 Å². The van der Waals surface area contributed by atoms with E-state index in [0.29, 0.717) is 82.6 Å². The van der Waals surface area contributed by atoms with E-state index in [1.165, 1.54) is 17.7 Å². The molecule has 4 rings (SSSR count). The Balaban J connectivity index is 1.31. The molecule has 44 heavy (non-hydrogen) atoms. The van der Waals surface area contributed by atoms with Crippen molar-refractivity contribution in [1.29, 1.82) is 0 Å². The van der Waals surface area contributed by atoms with Crippen molar-refractivity contribution in [3.05, 3.63) is 106 Å². The van der Waals surface area contributed by atoms with Crippen molar-refractivity contribution in [3.8, 4) is 0 Å². The van der Waals surface area contributed by atoms with Crippen molar-refractivity contribution in [2.45, 2.75) is 26.6 Å². The van der Waals surface area contributed by atoms with Crippen LogP contribution in [0, 0.1) is 12.7 Å². The third-order valence-electron chi connectivity index (χ3n) is 6.40. The van der Waals surface area contributed by atoms with Gasteiger partial charge in [-0.2, -0.15) is 15.0 Å². The number of nitrogens with zero attached hydrogens (tertiary/aromatic N) is 3. The van der Waals surface area contributed by atoms with Crippen LogP contribution >= 0.6 is 0 Å². The van der Waals surface area contributed by atoms with Crippen LogP contribution in [-0.2, 0) is 29.1 Å². The van der Waals surface area contributed by atoms with Crippen LogP contribution in [0.25, 0.3) is 0 Å². The van der Waals surface area contributed by atoms with E-state index in [9.17, 15) is 9.18 Å². The van der Waals surface area contributed by atoms with Crippen molar-refractivity contribution in [2.24, 2.45) is 5.73 Å². The second-order valence-corrected chi connectivity index (χ2v) is 9.95. The SMILES string of the molecule is Cc1ccc(CNc2nc(NCc3ccc(F)cc3)nc(NCc3ccc(C(=O)NCCOCCOCCN)cc3)n2)cc1. The fourth-order valence-corrected chi connectivity index (χ4v) is 3.98. The van der Waals surface area contributed by atoms with Gasteiger partial charge in [-0.05, 0) is 47.9 Å². The van der Waals surface area contributed by atoms with Crippen molar-refractivity contribution in [3.63, 3.8) is 0 Å². The molecule has 0 bridgehead atoms. The maximum atomic E-state index is 13.3. The van der Waals surface area contributed by atoms with Crippen LogP contribution in [0.3, 0.4) is 0 Å². The quantitative estimate of drug-likeness (QED) is 0.106. The molecule has 11 nitrogen and oxygen atoms in total.